The van der Waals surface area contributed by atoms with E-state index in [0.717, 1.165) is 71.1 Å². The van der Waals surface area contributed by atoms with Gasteiger partial charge in [0.2, 0.25) is 0 Å². The Bertz CT molecular complexity index is 3810. The van der Waals surface area contributed by atoms with Crippen molar-refractivity contribution in [2.24, 2.45) is 0 Å². The number of para-hydroxylation sites is 5. The van der Waals surface area contributed by atoms with Gasteiger partial charge in [0.15, 0.2) is 0 Å². The number of fused-ring (bicyclic) bond motifs is 9. The average Bonchev–Trinajstić information content (AvgIpc) is 3.88. The molecule has 8 heteroatoms. The molecule has 0 bridgehead atoms. The quantitative estimate of drug-likeness (QED) is 0.118. The first kappa shape index (κ1) is 35.8. The third kappa shape index (κ3) is 6.60. The number of imidazole rings is 1. The van der Waals surface area contributed by atoms with Crippen molar-refractivity contribution in [3.63, 3.8) is 0 Å². The van der Waals surface area contributed by atoms with Gasteiger partial charge in [-0.3, -0.25) is 0 Å². The molecule has 0 saturated carbocycles. The second-order valence-electron chi connectivity index (χ2n) is 17.5. The van der Waals surface area contributed by atoms with Gasteiger partial charge in [0.05, 0.1) is 5.48 Å². The van der Waals surface area contributed by atoms with Crippen molar-refractivity contribution in [1.29, 1.82) is 0 Å². The van der Waals surface area contributed by atoms with Crippen LogP contribution in [-0.2, 0) is 24.8 Å². The summed E-state index contributed by atoms with van der Waals surface area (Å²) in [5, 5.41) is 0. The second kappa shape index (κ2) is 15.9. The van der Waals surface area contributed by atoms with Gasteiger partial charge in [0.25, 0.3) is 0 Å². The van der Waals surface area contributed by atoms with E-state index < -0.39 is 6.98 Å². The van der Waals surface area contributed by atoms with Gasteiger partial charge in [0.1, 0.15) is 0 Å². The van der Waals surface area contributed by atoms with E-state index in [4.69, 9.17) is 13.8 Å². The SMILES string of the molecule is [2H]c1c([2H])c([2H])c2c(c1[2H])B1N(c3cccc(Oc4[c-]c(-n5[c](=[Pt])n(-c6c(-c7ccccc7)cccc6-c6cccc(C(C)(C)C)c6)c6ccccc65)ccc4)n3)c3[c-]cccc3N1c1ccccc1-2. The van der Waals surface area contributed by atoms with Crippen LogP contribution in [0.3, 0.4) is 0 Å². The van der Waals surface area contributed by atoms with Gasteiger partial charge in [-0.2, -0.15) is 12.1 Å². The minimum atomic E-state index is -0.691. The molecule has 8 aromatic carbocycles. The number of benzene rings is 8. The second-order valence-corrected chi connectivity index (χ2v) is 18.5. The first-order valence-electron chi connectivity index (χ1n) is 23.9. The molecule has 0 unspecified atom stereocenters. The minimum Gasteiger partial charge on any atom is -0.175 e. The van der Waals surface area contributed by atoms with Crippen molar-refractivity contribution >= 4 is 46.4 Å². The van der Waals surface area contributed by atoms with Crippen LogP contribution in [0.25, 0.3) is 55.8 Å². The summed E-state index contributed by atoms with van der Waals surface area (Å²) >= 11 is 2.45. The summed E-state index contributed by atoms with van der Waals surface area (Å²) in [4.78, 5) is 9.22. The summed E-state index contributed by atoms with van der Waals surface area (Å²) in [6.45, 7) is 6.06. The van der Waals surface area contributed by atoms with Crippen LogP contribution in [0.1, 0.15) is 31.8 Å². The van der Waals surface area contributed by atoms with E-state index in [-0.39, 0.29) is 29.6 Å². The standard InChI is InChI=1S/C58H42BN5O.Pt/c1-58(2,3)42-22-15-21-41(37-42)46-28-17-27-45(40-19-5-4-6-20-40)57(46)62-39-61(51-31-11-12-32-52(51)62)43-23-16-24-44(38-43)65-56-36-18-35-55(60-56)64-54-34-14-13-33-53(54)63-50-30-10-8-26-48(50)47-25-7-9-29-49(47)59(63)64;/h4-33,35-37H,1-3H3;/q-2;/i7D,9D,25D,29D;. The fourth-order valence-corrected chi connectivity index (χ4v) is 10.5. The predicted molar refractivity (Wildman–Crippen MR) is 265 cm³/mol. The van der Waals surface area contributed by atoms with Gasteiger partial charge in [-0.05, 0) is 11.6 Å². The molecule has 6 nitrogen and oxygen atoms in total. The van der Waals surface area contributed by atoms with Crippen molar-refractivity contribution in [2.45, 2.75) is 26.2 Å². The Balaban J connectivity index is 0.968. The summed E-state index contributed by atoms with van der Waals surface area (Å²) in [5.74, 6) is 1.32. The maximum absolute atomic E-state index is 9.28. The van der Waals surface area contributed by atoms with Crippen molar-refractivity contribution in [2.75, 3.05) is 9.62 Å². The number of rotatable bonds is 7. The number of nitrogens with zero attached hydrogens (tertiary/aromatic N) is 5. The predicted octanol–water partition coefficient (Wildman–Crippen LogP) is 13.6. The van der Waals surface area contributed by atoms with E-state index in [1.165, 1.54) is 5.56 Å². The van der Waals surface area contributed by atoms with Crippen LogP contribution in [0.4, 0.5) is 22.9 Å². The summed E-state index contributed by atoms with van der Waals surface area (Å²) in [6.07, 6.45) is 0. The fraction of sp³-hybridized carbons (Fsp3) is 0.0690. The Labute approximate surface area is 401 Å². The van der Waals surface area contributed by atoms with Crippen LogP contribution in [0, 0.1) is 15.9 Å². The van der Waals surface area contributed by atoms with Gasteiger partial charge in [0, 0.05) is 11.3 Å². The Morgan fingerprint density at radius 2 is 1.30 bits per heavy atom. The molecule has 0 saturated heterocycles. The molecule has 2 aliphatic rings. The number of hydrogen-bond acceptors (Lipinski definition) is 4. The van der Waals surface area contributed by atoms with E-state index in [1.807, 2.05) is 83.7 Å². The molecule has 10 aromatic rings. The average molecular weight is 1030 g/mol. The summed E-state index contributed by atoms with van der Waals surface area (Å²) in [7, 11) is 0. The first-order valence-corrected chi connectivity index (χ1v) is 23.1. The van der Waals surface area contributed by atoms with Crippen LogP contribution < -0.4 is 19.8 Å². The normalized spacial score (nSPS) is 13.6. The molecule has 12 rings (SSSR count). The first-order chi connectivity index (χ1) is 34.0. The molecule has 4 heterocycles. The zero-order valence-corrected chi connectivity index (χ0v) is 38.6. The number of aromatic nitrogens is 3. The van der Waals surface area contributed by atoms with E-state index >= 15 is 0 Å². The van der Waals surface area contributed by atoms with Crippen molar-refractivity contribution in [3.8, 4) is 56.4 Å². The molecule has 0 atom stereocenters. The third-order valence-corrected chi connectivity index (χ3v) is 13.5. The molecule has 0 aliphatic carbocycles. The van der Waals surface area contributed by atoms with Gasteiger partial charge in [-0.25, -0.2) is 0 Å². The van der Waals surface area contributed by atoms with Crippen LogP contribution >= 0.6 is 0 Å². The Kier molecular flexibility index (Phi) is 8.63. The molecule has 0 fully saturated rings. The number of hydrogen-bond donors (Lipinski definition) is 0. The third-order valence-electron chi connectivity index (χ3n) is 12.5. The van der Waals surface area contributed by atoms with Crippen LogP contribution in [0.5, 0.6) is 11.6 Å². The zero-order valence-electron chi connectivity index (χ0n) is 40.3. The Morgan fingerprint density at radius 3 is 2.15 bits per heavy atom. The van der Waals surface area contributed by atoms with E-state index in [9.17, 15) is 1.37 Å². The van der Waals surface area contributed by atoms with Crippen LogP contribution in [0.15, 0.2) is 200 Å². The van der Waals surface area contributed by atoms with Gasteiger partial charge in [-0.15, -0.1) is 6.07 Å². The topological polar surface area (TPSA) is 38.5 Å². The molecule has 0 radical (unpaired) electrons. The molecule has 66 heavy (non-hydrogen) atoms. The smallest absolute Gasteiger partial charge is 0.175 e. The van der Waals surface area contributed by atoms with Gasteiger partial charge >= 0.3 is 315 Å². The van der Waals surface area contributed by atoms with Crippen LogP contribution in [-0.4, -0.2) is 21.1 Å². The van der Waals surface area contributed by atoms with Gasteiger partial charge in [-0.1, -0.05) is 42.4 Å². The fourth-order valence-electron chi connectivity index (χ4n) is 9.47. The number of pyridine rings is 1. The molecule has 2 aliphatic heterocycles. The monoisotopic (exact) mass is 1030 g/mol. The molecular formula is C58H42BN5OPt-2. The molecule has 0 amide bonds. The molecule has 0 spiro atoms. The number of anilines is 4. The van der Waals surface area contributed by atoms with Crippen molar-refractivity contribution in [3.05, 3.63) is 222 Å². The minimum absolute atomic E-state index is 0.0294. The van der Waals surface area contributed by atoms with Crippen LogP contribution in [0.2, 0.25) is 0 Å². The summed E-state index contributed by atoms with van der Waals surface area (Å²) in [5.41, 5.74) is 13.7. The Hall–Kier alpha value is -7.47. The number of ether oxygens (including phenoxy) is 1. The van der Waals surface area contributed by atoms with E-state index in [1.54, 1.807) is 0 Å². The molecule has 320 valence electrons. The van der Waals surface area contributed by atoms with Crippen molar-refractivity contribution in [1.82, 2.24) is 14.1 Å². The molecule has 2 aromatic heterocycles. The van der Waals surface area contributed by atoms with Gasteiger partial charge < -0.3 is 0 Å². The molecule has 0 N–H and O–H groups in total. The van der Waals surface area contributed by atoms with Crippen molar-refractivity contribution < 1.29 is 29.6 Å². The Morgan fingerprint density at radius 1 is 0.621 bits per heavy atom. The molecular weight excluding hydrogens is 989 g/mol. The summed E-state index contributed by atoms with van der Waals surface area (Å²) < 4.78 is 48.0. The van der Waals surface area contributed by atoms with E-state index in [0.29, 0.717) is 28.5 Å². The zero-order chi connectivity index (χ0) is 48.0. The maximum atomic E-state index is 9.28. The summed E-state index contributed by atoms with van der Waals surface area (Å²) in [6, 6.07) is 65.8. The van der Waals surface area contributed by atoms with E-state index in [2.05, 4.69) is 163 Å².